The van der Waals surface area contributed by atoms with Crippen LogP contribution in [-0.4, -0.2) is 25.2 Å². The van der Waals surface area contributed by atoms with Crippen LogP contribution < -0.4 is 10.3 Å². The normalized spacial score (nSPS) is 13.8. The van der Waals surface area contributed by atoms with Gasteiger partial charge in [-0.15, -0.1) is 0 Å². The molecule has 1 heterocycles. The number of benzene rings is 2. The monoisotopic (exact) mass is 361 g/mol. The van der Waals surface area contributed by atoms with Gasteiger partial charge in [0, 0.05) is 17.8 Å². The first-order valence-electron chi connectivity index (χ1n) is 7.74. The van der Waals surface area contributed by atoms with E-state index < -0.39 is 0 Å². The highest BCUT2D eigenvalue weighted by atomic mass is 35.5. The fourth-order valence-corrected chi connectivity index (χ4v) is 3.28. The second-order valence-electron chi connectivity index (χ2n) is 5.58. The summed E-state index contributed by atoms with van der Waals surface area (Å²) in [4.78, 5) is 14.2. The number of hydrogen-bond acceptors (Lipinski definition) is 3. The van der Waals surface area contributed by atoms with E-state index in [2.05, 4.69) is 27.6 Å². The fraction of sp³-hybridized carbons (Fsp3) is 0.222. The predicted molar refractivity (Wildman–Crippen MR) is 99.2 cm³/mol. The zero-order valence-corrected chi connectivity index (χ0v) is 14.5. The molecule has 0 radical (unpaired) electrons. The topological polar surface area (TPSA) is 44.7 Å². The van der Waals surface area contributed by atoms with Crippen molar-refractivity contribution in [3.8, 4) is 0 Å². The van der Waals surface area contributed by atoms with Gasteiger partial charge in [0.15, 0.2) is 0 Å². The first-order chi connectivity index (χ1) is 11.6. The molecular weight excluding hydrogens is 345 g/mol. The molecule has 124 valence electrons. The molecular formula is C18H17Cl2N3O. The molecule has 0 atom stereocenters. The molecule has 1 aliphatic rings. The molecule has 0 bridgehead atoms. The third-order valence-electron chi connectivity index (χ3n) is 3.92. The Labute approximate surface area is 151 Å². The van der Waals surface area contributed by atoms with Crippen molar-refractivity contribution < 1.29 is 4.79 Å². The fourth-order valence-electron chi connectivity index (χ4n) is 2.79. The molecule has 0 fully saturated rings. The van der Waals surface area contributed by atoms with Crippen LogP contribution >= 0.6 is 23.2 Å². The first kappa shape index (κ1) is 16.8. The van der Waals surface area contributed by atoms with Gasteiger partial charge < -0.3 is 4.90 Å². The molecule has 2 aromatic rings. The molecule has 0 aromatic heterocycles. The molecule has 1 N–H and O–H groups in total. The number of nitrogens with zero attached hydrogens (tertiary/aromatic N) is 2. The molecule has 4 nitrogen and oxygen atoms in total. The number of anilines is 1. The Balaban J connectivity index is 1.62. The second kappa shape index (κ2) is 7.69. The van der Waals surface area contributed by atoms with Gasteiger partial charge in [-0.05, 0) is 36.6 Å². The number of nitrogens with one attached hydrogen (secondary N) is 1. The van der Waals surface area contributed by atoms with Crippen LogP contribution in [0.3, 0.4) is 0 Å². The van der Waals surface area contributed by atoms with Crippen LogP contribution in [0.1, 0.15) is 17.5 Å². The van der Waals surface area contributed by atoms with Gasteiger partial charge in [-0.25, -0.2) is 5.43 Å². The number of amides is 1. The zero-order chi connectivity index (χ0) is 16.9. The number of hydrazone groups is 1. The Morgan fingerprint density at radius 2 is 1.92 bits per heavy atom. The third kappa shape index (κ3) is 3.89. The van der Waals surface area contributed by atoms with Crippen LogP contribution in [0.2, 0.25) is 10.0 Å². The molecule has 24 heavy (non-hydrogen) atoms. The van der Waals surface area contributed by atoms with Crippen LogP contribution in [0.15, 0.2) is 47.6 Å². The maximum atomic E-state index is 12.1. The van der Waals surface area contributed by atoms with E-state index >= 15 is 0 Å². The second-order valence-corrected chi connectivity index (χ2v) is 6.40. The lowest BCUT2D eigenvalue weighted by Gasteiger charge is -2.30. The molecule has 6 heteroatoms. The summed E-state index contributed by atoms with van der Waals surface area (Å²) in [5.41, 5.74) is 5.53. The maximum Gasteiger partial charge on any atom is 0.259 e. The van der Waals surface area contributed by atoms with Crippen LogP contribution in [0.25, 0.3) is 0 Å². The quantitative estimate of drug-likeness (QED) is 0.662. The van der Waals surface area contributed by atoms with Crippen LogP contribution in [0, 0.1) is 0 Å². The van der Waals surface area contributed by atoms with Gasteiger partial charge in [0.05, 0.1) is 22.8 Å². The van der Waals surface area contributed by atoms with E-state index in [1.807, 2.05) is 12.1 Å². The lowest BCUT2D eigenvalue weighted by atomic mass is 10.0. The van der Waals surface area contributed by atoms with Crippen molar-refractivity contribution in [2.75, 3.05) is 18.0 Å². The molecule has 2 aromatic carbocycles. The Hall–Kier alpha value is -2.04. The summed E-state index contributed by atoms with van der Waals surface area (Å²) in [5, 5.41) is 4.95. The van der Waals surface area contributed by atoms with E-state index in [1.54, 1.807) is 18.2 Å². The van der Waals surface area contributed by atoms with Gasteiger partial charge in [-0.3, -0.25) is 4.79 Å². The highest BCUT2D eigenvalue weighted by Crippen LogP contribution is 2.26. The minimum absolute atomic E-state index is 0.175. The van der Waals surface area contributed by atoms with Gasteiger partial charge in [-0.1, -0.05) is 47.5 Å². The summed E-state index contributed by atoms with van der Waals surface area (Å²) >= 11 is 12.1. The summed E-state index contributed by atoms with van der Waals surface area (Å²) in [5.74, 6) is -0.175. The van der Waals surface area contributed by atoms with Crippen molar-refractivity contribution in [3.63, 3.8) is 0 Å². The average Bonchev–Trinajstić information content (AvgIpc) is 2.58. The zero-order valence-electron chi connectivity index (χ0n) is 13.0. The van der Waals surface area contributed by atoms with E-state index in [4.69, 9.17) is 23.2 Å². The van der Waals surface area contributed by atoms with Crippen molar-refractivity contribution in [1.29, 1.82) is 0 Å². The van der Waals surface area contributed by atoms with Gasteiger partial charge in [0.2, 0.25) is 0 Å². The van der Waals surface area contributed by atoms with E-state index in [-0.39, 0.29) is 12.5 Å². The lowest BCUT2D eigenvalue weighted by Crippen LogP contribution is -2.38. The standard InChI is InChI=1S/C18H17Cl2N3O/c19-15-7-3-8-16(20)14(15)11-21-22-18(24)12-23-10-4-6-13-5-1-2-9-17(13)23/h1-3,5,7-9,11H,4,6,10,12H2,(H,22,24)/b21-11+. The van der Waals surface area contributed by atoms with Crippen molar-refractivity contribution in [3.05, 3.63) is 63.6 Å². The maximum absolute atomic E-state index is 12.1. The average molecular weight is 362 g/mol. The number of carbonyl (C=O) groups is 1. The lowest BCUT2D eigenvalue weighted by molar-refractivity contribution is -0.119. The predicted octanol–water partition coefficient (Wildman–Crippen LogP) is 3.90. The molecule has 0 saturated heterocycles. The van der Waals surface area contributed by atoms with Gasteiger partial charge in [-0.2, -0.15) is 5.10 Å². The van der Waals surface area contributed by atoms with E-state index in [0.717, 1.165) is 25.1 Å². The molecule has 0 spiro atoms. The smallest absolute Gasteiger partial charge is 0.259 e. The molecule has 0 unspecified atom stereocenters. The summed E-state index contributed by atoms with van der Waals surface area (Å²) < 4.78 is 0. The number of para-hydroxylation sites is 1. The number of rotatable bonds is 4. The molecule has 0 aliphatic carbocycles. The molecule has 0 saturated carbocycles. The van der Waals surface area contributed by atoms with E-state index in [1.165, 1.54) is 11.8 Å². The molecule has 1 amide bonds. The largest absolute Gasteiger partial charge is 0.362 e. The number of aryl methyl sites for hydroxylation is 1. The van der Waals surface area contributed by atoms with Crippen molar-refractivity contribution >= 4 is 41.0 Å². The van der Waals surface area contributed by atoms with E-state index in [9.17, 15) is 4.79 Å². The third-order valence-corrected chi connectivity index (χ3v) is 4.58. The summed E-state index contributed by atoms with van der Waals surface area (Å²) in [6.07, 6.45) is 3.56. The van der Waals surface area contributed by atoms with Crippen molar-refractivity contribution in [2.45, 2.75) is 12.8 Å². The van der Waals surface area contributed by atoms with Crippen LogP contribution in [0.4, 0.5) is 5.69 Å². The molecule has 1 aliphatic heterocycles. The Morgan fingerprint density at radius 1 is 1.17 bits per heavy atom. The van der Waals surface area contributed by atoms with Gasteiger partial charge in [0.1, 0.15) is 0 Å². The summed E-state index contributed by atoms with van der Waals surface area (Å²) in [6, 6.07) is 13.4. The highest BCUT2D eigenvalue weighted by molar-refractivity contribution is 6.38. The first-order valence-corrected chi connectivity index (χ1v) is 8.49. The van der Waals surface area contributed by atoms with Crippen LogP contribution in [0.5, 0.6) is 0 Å². The molecule has 3 rings (SSSR count). The number of fused-ring (bicyclic) bond motifs is 1. The number of halogens is 2. The summed E-state index contributed by atoms with van der Waals surface area (Å²) in [7, 11) is 0. The number of carbonyl (C=O) groups excluding carboxylic acids is 1. The SMILES string of the molecule is O=C(CN1CCCc2ccccc21)N/N=C/c1c(Cl)cccc1Cl. The van der Waals surface area contributed by atoms with E-state index in [0.29, 0.717) is 15.6 Å². The van der Waals surface area contributed by atoms with Gasteiger partial charge in [0.25, 0.3) is 5.91 Å². The minimum Gasteiger partial charge on any atom is -0.362 e. The van der Waals surface area contributed by atoms with Crippen molar-refractivity contribution in [2.24, 2.45) is 5.10 Å². The Bertz CT molecular complexity index is 756. The summed E-state index contributed by atoms with van der Waals surface area (Å²) in [6.45, 7) is 1.13. The van der Waals surface area contributed by atoms with Crippen molar-refractivity contribution in [1.82, 2.24) is 5.43 Å². The minimum atomic E-state index is -0.175. The Morgan fingerprint density at radius 3 is 2.71 bits per heavy atom. The number of hydrogen-bond donors (Lipinski definition) is 1. The van der Waals surface area contributed by atoms with Crippen LogP contribution in [-0.2, 0) is 11.2 Å². The van der Waals surface area contributed by atoms with Gasteiger partial charge >= 0.3 is 0 Å². The Kier molecular flexibility index (Phi) is 5.38. The highest BCUT2D eigenvalue weighted by Gasteiger charge is 2.18.